The lowest BCUT2D eigenvalue weighted by molar-refractivity contribution is -0.130. The summed E-state index contributed by atoms with van der Waals surface area (Å²) in [4.78, 5) is 43.7. The third kappa shape index (κ3) is 7.73. The van der Waals surface area contributed by atoms with Crippen LogP contribution in [0.25, 0.3) is 0 Å². The zero-order valence-electron chi connectivity index (χ0n) is 17.8. The highest BCUT2D eigenvalue weighted by molar-refractivity contribution is 5.79. The van der Waals surface area contributed by atoms with Crippen molar-refractivity contribution in [2.24, 2.45) is 0 Å². The third-order valence-electron chi connectivity index (χ3n) is 5.02. The van der Waals surface area contributed by atoms with E-state index in [1.807, 2.05) is 35.2 Å². The van der Waals surface area contributed by atoms with E-state index in [0.29, 0.717) is 39.3 Å². The highest BCUT2D eigenvalue weighted by atomic mass is 16.2. The molecule has 160 valence electrons. The van der Waals surface area contributed by atoms with E-state index < -0.39 is 0 Å². The van der Waals surface area contributed by atoms with Crippen LogP contribution in [0.1, 0.15) is 18.4 Å². The average Bonchev–Trinajstić information content (AvgIpc) is 2.94. The summed E-state index contributed by atoms with van der Waals surface area (Å²) in [6.45, 7) is 4.03. The fraction of sp³-hybridized carbons (Fsp3) is 0.571. The van der Waals surface area contributed by atoms with Gasteiger partial charge >= 0.3 is 6.03 Å². The van der Waals surface area contributed by atoms with Crippen LogP contribution in [-0.2, 0) is 16.1 Å². The number of nitrogens with zero attached hydrogens (tertiary/aromatic N) is 4. The third-order valence-corrected chi connectivity index (χ3v) is 5.02. The number of nitrogens with one attached hydrogen (secondary N) is 1. The standard InChI is InChI=1S/C21H33N5O3/c1-23(2)20(28)17-25-12-7-13-26(15-14-25)19(27)10-11-22-21(29)24(3)16-18-8-5-4-6-9-18/h4-6,8-9H,7,10-17H2,1-3H3,(H,22,29). The molecule has 0 bridgehead atoms. The highest BCUT2D eigenvalue weighted by Gasteiger charge is 2.21. The molecule has 1 aromatic carbocycles. The lowest BCUT2D eigenvalue weighted by Gasteiger charge is -2.23. The SMILES string of the molecule is CN(C)C(=O)CN1CCCN(C(=O)CCNC(=O)N(C)Cc2ccccc2)CC1. The van der Waals surface area contributed by atoms with Gasteiger partial charge in [0.2, 0.25) is 11.8 Å². The largest absolute Gasteiger partial charge is 0.348 e. The molecule has 2 rings (SSSR count). The maximum atomic E-state index is 12.5. The Morgan fingerprint density at radius 2 is 1.72 bits per heavy atom. The van der Waals surface area contributed by atoms with E-state index in [-0.39, 0.29) is 24.3 Å². The van der Waals surface area contributed by atoms with Gasteiger partial charge in [-0.05, 0) is 12.0 Å². The lowest BCUT2D eigenvalue weighted by Crippen LogP contribution is -2.41. The van der Waals surface area contributed by atoms with Gasteiger partial charge in [0.1, 0.15) is 0 Å². The molecule has 1 saturated heterocycles. The van der Waals surface area contributed by atoms with E-state index in [9.17, 15) is 14.4 Å². The molecule has 0 radical (unpaired) electrons. The Hall–Kier alpha value is -2.61. The van der Waals surface area contributed by atoms with Gasteiger partial charge in [-0.3, -0.25) is 14.5 Å². The number of carbonyl (C=O) groups excluding carboxylic acids is 3. The molecule has 8 heteroatoms. The monoisotopic (exact) mass is 403 g/mol. The van der Waals surface area contributed by atoms with Gasteiger partial charge in [0.25, 0.3) is 0 Å². The Balaban J connectivity index is 1.69. The Kier molecular flexibility index (Phi) is 8.92. The Morgan fingerprint density at radius 1 is 1.00 bits per heavy atom. The van der Waals surface area contributed by atoms with E-state index >= 15 is 0 Å². The van der Waals surface area contributed by atoms with Crippen LogP contribution in [0.15, 0.2) is 30.3 Å². The van der Waals surface area contributed by atoms with Crippen LogP contribution in [0.4, 0.5) is 4.79 Å². The quantitative estimate of drug-likeness (QED) is 0.732. The van der Waals surface area contributed by atoms with E-state index in [4.69, 9.17) is 0 Å². The summed E-state index contributed by atoms with van der Waals surface area (Å²) in [5.41, 5.74) is 1.06. The van der Waals surface area contributed by atoms with Gasteiger partial charge in [0.15, 0.2) is 0 Å². The zero-order valence-corrected chi connectivity index (χ0v) is 17.8. The van der Waals surface area contributed by atoms with Crippen LogP contribution in [0, 0.1) is 0 Å². The van der Waals surface area contributed by atoms with Crippen LogP contribution in [0.5, 0.6) is 0 Å². The maximum Gasteiger partial charge on any atom is 0.317 e. The molecular weight excluding hydrogens is 370 g/mol. The molecule has 0 spiro atoms. The van der Waals surface area contributed by atoms with Crippen LogP contribution in [-0.4, -0.2) is 97.9 Å². The normalized spacial score (nSPS) is 14.8. The smallest absolute Gasteiger partial charge is 0.317 e. The molecule has 1 aromatic rings. The summed E-state index contributed by atoms with van der Waals surface area (Å²) in [5.74, 6) is 0.115. The number of rotatable bonds is 7. The van der Waals surface area contributed by atoms with E-state index in [2.05, 4.69) is 10.2 Å². The fourth-order valence-electron chi connectivity index (χ4n) is 3.21. The zero-order chi connectivity index (χ0) is 21.2. The molecule has 29 heavy (non-hydrogen) atoms. The first-order chi connectivity index (χ1) is 13.9. The summed E-state index contributed by atoms with van der Waals surface area (Å²) in [6.07, 6.45) is 1.13. The van der Waals surface area contributed by atoms with Gasteiger partial charge in [0.05, 0.1) is 6.54 Å². The Bertz CT molecular complexity index is 680. The minimum Gasteiger partial charge on any atom is -0.348 e. The van der Waals surface area contributed by atoms with E-state index in [0.717, 1.165) is 18.5 Å². The van der Waals surface area contributed by atoms with Crippen molar-refractivity contribution >= 4 is 17.8 Å². The van der Waals surface area contributed by atoms with E-state index in [1.54, 1.807) is 30.9 Å². The molecule has 0 aromatic heterocycles. The van der Waals surface area contributed by atoms with Gasteiger partial charge in [-0.1, -0.05) is 30.3 Å². The number of hydrogen-bond donors (Lipinski definition) is 1. The predicted molar refractivity (Wildman–Crippen MR) is 112 cm³/mol. The molecule has 8 nitrogen and oxygen atoms in total. The van der Waals surface area contributed by atoms with Crippen LogP contribution >= 0.6 is 0 Å². The number of carbonyl (C=O) groups is 3. The number of amides is 4. The second kappa shape index (κ2) is 11.4. The number of urea groups is 1. The molecule has 1 fully saturated rings. The van der Waals surface area contributed by atoms with Crippen molar-refractivity contribution in [1.82, 2.24) is 24.9 Å². The summed E-state index contributed by atoms with van der Waals surface area (Å²) in [6, 6.07) is 9.59. The second-order valence-electron chi connectivity index (χ2n) is 7.62. The van der Waals surface area contributed by atoms with E-state index in [1.165, 1.54) is 0 Å². The second-order valence-corrected chi connectivity index (χ2v) is 7.62. The van der Waals surface area contributed by atoms with Crippen molar-refractivity contribution in [3.05, 3.63) is 35.9 Å². The van der Waals surface area contributed by atoms with Crippen molar-refractivity contribution in [3.8, 4) is 0 Å². The number of likely N-dealkylation sites (N-methyl/N-ethyl adjacent to an activating group) is 1. The Morgan fingerprint density at radius 3 is 2.41 bits per heavy atom. The summed E-state index contributed by atoms with van der Waals surface area (Å²) < 4.78 is 0. The molecule has 0 aliphatic carbocycles. The van der Waals surface area contributed by atoms with Gasteiger partial charge in [-0.15, -0.1) is 0 Å². The number of benzene rings is 1. The molecule has 1 aliphatic rings. The first-order valence-electron chi connectivity index (χ1n) is 10.1. The molecule has 0 saturated carbocycles. The molecule has 0 atom stereocenters. The van der Waals surface area contributed by atoms with Crippen LogP contribution in [0.3, 0.4) is 0 Å². The summed E-state index contributed by atoms with van der Waals surface area (Å²) in [7, 11) is 5.24. The molecule has 4 amide bonds. The van der Waals surface area contributed by atoms with Crippen LogP contribution < -0.4 is 5.32 Å². The van der Waals surface area contributed by atoms with Gasteiger partial charge in [-0.2, -0.15) is 0 Å². The Labute approximate surface area is 173 Å². The first kappa shape index (κ1) is 22.7. The van der Waals surface area contributed by atoms with Crippen molar-refractivity contribution in [3.63, 3.8) is 0 Å². The lowest BCUT2D eigenvalue weighted by atomic mass is 10.2. The van der Waals surface area contributed by atoms with Crippen LogP contribution in [0.2, 0.25) is 0 Å². The molecular formula is C21H33N5O3. The predicted octanol–water partition coefficient (Wildman–Crippen LogP) is 0.841. The minimum absolute atomic E-state index is 0.0387. The topological polar surface area (TPSA) is 76.2 Å². The van der Waals surface area contributed by atoms with Crippen molar-refractivity contribution < 1.29 is 14.4 Å². The van der Waals surface area contributed by atoms with Gasteiger partial charge in [0, 0.05) is 66.8 Å². The first-order valence-corrected chi connectivity index (χ1v) is 10.1. The van der Waals surface area contributed by atoms with Gasteiger partial charge < -0.3 is 20.0 Å². The molecule has 1 aliphatic heterocycles. The molecule has 0 unspecified atom stereocenters. The number of hydrogen-bond acceptors (Lipinski definition) is 4. The average molecular weight is 404 g/mol. The fourth-order valence-corrected chi connectivity index (χ4v) is 3.21. The highest BCUT2D eigenvalue weighted by Crippen LogP contribution is 2.06. The van der Waals surface area contributed by atoms with Crippen molar-refractivity contribution in [2.75, 3.05) is 60.4 Å². The summed E-state index contributed by atoms with van der Waals surface area (Å²) in [5, 5.41) is 2.81. The maximum absolute atomic E-state index is 12.5. The van der Waals surface area contributed by atoms with Crippen molar-refractivity contribution in [2.45, 2.75) is 19.4 Å². The summed E-state index contributed by atoms with van der Waals surface area (Å²) >= 11 is 0. The minimum atomic E-state index is -0.189. The molecule has 1 heterocycles. The molecule has 1 N–H and O–H groups in total. The van der Waals surface area contributed by atoms with Crippen molar-refractivity contribution in [1.29, 1.82) is 0 Å². The van der Waals surface area contributed by atoms with Gasteiger partial charge in [-0.25, -0.2) is 4.79 Å².